The number of rotatable bonds is 8. The largest absolute Gasteiger partial charge is 0.478 e. The fraction of sp³-hybridized carbons (Fsp3) is 0.0385. The minimum absolute atomic E-state index is 0.416. The van der Waals surface area contributed by atoms with Gasteiger partial charge in [0.25, 0.3) is 0 Å². The highest BCUT2D eigenvalue weighted by atomic mass is 35.5. The van der Waals surface area contributed by atoms with Crippen LogP contribution in [0.2, 0.25) is 5.02 Å². The lowest BCUT2D eigenvalue weighted by Gasteiger charge is -2.16. The van der Waals surface area contributed by atoms with Crippen LogP contribution in [0, 0.1) is 0 Å². The highest BCUT2D eigenvalue weighted by molar-refractivity contribution is 6.30. The topological polar surface area (TPSA) is 65.0 Å². The van der Waals surface area contributed by atoms with Crippen LogP contribution in [0.15, 0.2) is 103 Å². The van der Waals surface area contributed by atoms with Crippen LogP contribution < -0.4 is 14.2 Å². The molecule has 1 unspecified atom stereocenters. The predicted molar refractivity (Wildman–Crippen MR) is 122 cm³/mol. The quantitative estimate of drug-likeness (QED) is 0.312. The van der Waals surface area contributed by atoms with Crippen molar-refractivity contribution in [3.05, 3.63) is 114 Å². The average molecular weight is 447 g/mol. The Labute approximate surface area is 190 Å². The second kappa shape index (κ2) is 9.90. The van der Waals surface area contributed by atoms with Crippen LogP contribution in [0.1, 0.15) is 11.7 Å². The van der Waals surface area contributed by atoms with Gasteiger partial charge in [-0.15, -0.1) is 0 Å². The summed E-state index contributed by atoms with van der Waals surface area (Å²) in [6, 6.07) is 29.9. The monoisotopic (exact) mass is 446 g/mol. The number of hydrogen-bond acceptors (Lipinski definition) is 4. The van der Waals surface area contributed by atoms with Gasteiger partial charge < -0.3 is 19.3 Å². The third kappa shape index (κ3) is 5.59. The Bertz CT molecular complexity index is 1160. The molecule has 0 aliphatic rings. The number of carboxylic acid groups (broad SMARTS) is 1. The molecule has 5 nitrogen and oxygen atoms in total. The number of para-hydroxylation sites is 1. The van der Waals surface area contributed by atoms with Crippen molar-refractivity contribution in [1.82, 2.24) is 0 Å². The lowest BCUT2D eigenvalue weighted by molar-refractivity contribution is -0.145. The van der Waals surface area contributed by atoms with E-state index in [0.29, 0.717) is 39.3 Å². The molecule has 1 N–H and O–H groups in total. The molecule has 0 bridgehead atoms. The van der Waals surface area contributed by atoms with E-state index < -0.39 is 12.1 Å². The van der Waals surface area contributed by atoms with Crippen molar-refractivity contribution < 1.29 is 24.1 Å². The molecular weight excluding hydrogens is 428 g/mol. The number of carboxylic acids is 1. The number of hydrogen-bond donors (Lipinski definition) is 1. The van der Waals surface area contributed by atoms with Crippen LogP contribution in [-0.4, -0.2) is 11.1 Å². The Kier molecular flexibility index (Phi) is 6.58. The molecule has 1 atom stereocenters. The third-order valence-electron chi connectivity index (χ3n) is 4.51. The second-order valence-corrected chi connectivity index (χ2v) is 7.28. The number of halogens is 1. The van der Waals surface area contributed by atoms with Crippen LogP contribution in [0.25, 0.3) is 0 Å². The smallest absolute Gasteiger partial charge is 0.349 e. The molecule has 0 fully saturated rings. The van der Waals surface area contributed by atoms with E-state index in [1.807, 2.05) is 30.3 Å². The van der Waals surface area contributed by atoms with Crippen LogP contribution in [0.5, 0.6) is 28.7 Å². The number of benzene rings is 4. The van der Waals surface area contributed by atoms with Crippen molar-refractivity contribution >= 4 is 17.6 Å². The first-order valence-corrected chi connectivity index (χ1v) is 10.2. The van der Waals surface area contributed by atoms with Gasteiger partial charge in [0, 0.05) is 10.6 Å². The summed E-state index contributed by atoms with van der Waals surface area (Å²) in [4.78, 5) is 11.8. The molecule has 0 aliphatic carbocycles. The van der Waals surface area contributed by atoms with Gasteiger partial charge in [-0.3, -0.25) is 0 Å². The molecule has 0 heterocycles. The van der Waals surface area contributed by atoms with E-state index in [1.165, 1.54) is 0 Å². The highest BCUT2D eigenvalue weighted by Gasteiger charge is 2.22. The zero-order valence-electron chi connectivity index (χ0n) is 16.9. The zero-order chi connectivity index (χ0) is 22.3. The van der Waals surface area contributed by atoms with Crippen molar-refractivity contribution in [3.63, 3.8) is 0 Å². The molecule has 0 saturated heterocycles. The Balaban J connectivity index is 1.43. The molecule has 0 amide bonds. The predicted octanol–water partition coefficient (Wildman–Crippen LogP) is 7.13. The fourth-order valence-corrected chi connectivity index (χ4v) is 3.08. The van der Waals surface area contributed by atoms with Crippen molar-refractivity contribution in [2.24, 2.45) is 0 Å². The summed E-state index contributed by atoms with van der Waals surface area (Å²) in [5, 5.41) is 10.3. The Morgan fingerprint density at radius 3 is 1.59 bits per heavy atom. The summed E-state index contributed by atoms with van der Waals surface area (Å²) in [5.41, 5.74) is 0.491. The Hall–Kier alpha value is -3.96. The molecule has 0 aliphatic heterocycles. The summed E-state index contributed by atoms with van der Waals surface area (Å²) in [6.45, 7) is 0. The first-order valence-electron chi connectivity index (χ1n) is 9.83. The van der Waals surface area contributed by atoms with E-state index in [0.717, 1.165) is 0 Å². The molecule has 160 valence electrons. The lowest BCUT2D eigenvalue weighted by atomic mass is 10.1. The van der Waals surface area contributed by atoms with Gasteiger partial charge in [-0.2, -0.15) is 0 Å². The van der Waals surface area contributed by atoms with Crippen LogP contribution in [-0.2, 0) is 4.79 Å². The van der Waals surface area contributed by atoms with E-state index in [1.54, 1.807) is 72.8 Å². The van der Waals surface area contributed by atoms with Crippen LogP contribution >= 0.6 is 11.6 Å². The van der Waals surface area contributed by atoms with E-state index in [4.69, 9.17) is 25.8 Å². The van der Waals surface area contributed by atoms with E-state index in [2.05, 4.69) is 0 Å². The molecule has 0 saturated carbocycles. The van der Waals surface area contributed by atoms with Crippen LogP contribution in [0.3, 0.4) is 0 Å². The second-order valence-electron chi connectivity index (χ2n) is 6.85. The minimum atomic E-state index is -1.17. The van der Waals surface area contributed by atoms with Gasteiger partial charge in [-0.05, 0) is 72.8 Å². The fourth-order valence-electron chi connectivity index (χ4n) is 2.96. The molecule has 4 aromatic rings. The first kappa shape index (κ1) is 21.3. The van der Waals surface area contributed by atoms with Gasteiger partial charge in [0.05, 0.1) is 0 Å². The maximum atomic E-state index is 11.8. The Morgan fingerprint density at radius 2 is 1.06 bits per heavy atom. The molecule has 4 aromatic carbocycles. The van der Waals surface area contributed by atoms with Gasteiger partial charge in [0.15, 0.2) is 0 Å². The van der Waals surface area contributed by atoms with Crippen molar-refractivity contribution in [2.45, 2.75) is 6.10 Å². The number of carbonyl (C=O) groups is 1. The van der Waals surface area contributed by atoms with E-state index in [9.17, 15) is 9.90 Å². The molecule has 0 radical (unpaired) electrons. The molecule has 0 aromatic heterocycles. The third-order valence-corrected chi connectivity index (χ3v) is 4.77. The zero-order valence-corrected chi connectivity index (χ0v) is 17.6. The van der Waals surface area contributed by atoms with Crippen LogP contribution in [0.4, 0.5) is 0 Å². The molecule has 0 spiro atoms. The normalized spacial score (nSPS) is 11.4. The maximum absolute atomic E-state index is 11.8. The SMILES string of the molecule is O=C(O)C(Oc1ccc(Oc2ccccc2)cc1)c1ccc(Oc2ccc(Cl)cc2)cc1. The highest BCUT2D eigenvalue weighted by Crippen LogP contribution is 2.29. The molecule has 32 heavy (non-hydrogen) atoms. The summed E-state index contributed by atoms with van der Waals surface area (Å²) >= 11 is 5.88. The lowest BCUT2D eigenvalue weighted by Crippen LogP contribution is -2.18. The van der Waals surface area contributed by atoms with Crippen molar-refractivity contribution in [3.8, 4) is 28.7 Å². The van der Waals surface area contributed by atoms with Gasteiger partial charge in [-0.25, -0.2) is 4.79 Å². The molecule has 4 rings (SSSR count). The van der Waals surface area contributed by atoms with Crippen molar-refractivity contribution in [1.29, 1.82) is 0 Å². The number of ether oxygens (including phenoxy) is 3. The minimum Gasteiger partial charge on any atom is -0.478 e. The van der Waals surface area contributed by atoms with Gasteiger partial charge in [-0.1, -0.05) is 41.9 Å². The molecule has 6 heteroatoms. The van der Waals surface area contributed by atoms with Crippen molar-refractivity contribution in [2.75, 3.05) is 0 Å². The average Bonchev–Trinajstić information content (AvgIpc) is 2.81. The van der Waals surface area contributed by atoms with Gasteiger partial charge in [0.1, 0.15) is 28.7 Å². The summed E-state index contributed by atoms with van der Waals surface area (Å²) in [6.07, 6.45) is -1.17. The van der Waals surface area contributed by atoms with E-state index in [-0.39, 0.29) is 0 Å². The van der Waals surface area contributed by atoms with Gasteiger partial charge in [0.2, 0.25) is 6.10 Å². The Morgan fingerprint density at radius 1 is 0.625 bits per heavy atom. The van der Waals surface area contributed by atoms with E-state index >= 15 is 0 Å². The summed E-state index contributed by atoms with van der Waals surface area (Å²) in [5.74, 6) is 1.86. The summed E-state index contributed by atoms with van der Waals surface area (Å²) < 4.78 is 17.2. The first-order chi connectivity index (χ1) is 15.6. The summed E-state index contributed by atoms with van der Waals surface area (Å²) in [7, 11) is 0. The van der Waals surface area contributed by atoms with Gasteiger partial charge >= 0.3 is 5.97 Å². The maximum Gasteiger partial charge on any atom is 0.349 e. The standard InChI is InChI=1S/C26H19ClO5/c27-19-8-12-22(13-9-19)31-21-10-6-18(7-11-21)25(26(28)29)32-24-16-14-23(15-17-24)30-20-4-2-1-3-5-20/h1-17,25H,(H,28,29). The molecular formula is C26H19ClO5. The number of aliphatic carboxylic acids is 1.